The molecule has 0 heterocycles. The van der Waals surface area contributed by atoms with Crippen molar-refractivity contribution >= 4 is 16.6 Å². The summed E-state index contributed by atoms with van der Waals surface area (Å²) in [6.45, 7) is 14.5. The molecule has 3 heteroatoms. The third-order valence-electron chi connectivity index (χ3n) is 10.7. The van der Waals surface area contributed by atoms with Gasteiger partial charge in [0.25, 0.3) is 0 Å². The molecule has 47 heavy (non-hydrogen) atoms. The van der Waals surface area contributed by atoms with Gasteiger partial charge in [-0.2, -0.15) is 0 Å². The van der Waals surface area contributed by atoms with Gasteiger partial charge in [0.05, 0.1) is 0 Å². The van der Waals surface area contributed by atoms with Crippen LogP contribution in [0.2, 0.25) is 38.3 Å². The van der Waals surface area contributed by atoms with Gasteiger partial charge in [0.15, 0.2) is 16.6 Å². The van der Waals surface area contributed by atoms with Crippen molar-refractivity contribution in [3.8, 4) is 0 Å². The van der Waals surface area contributed by atoms with Crippen LogP contribution in [0.3, 0.4) is 0 Å². The van der Waals surface area contributed by atoms with Gasteiger partial charge < -0.3 is 4.12 Å². The quantitative estimate of drug-likeness (QED) is 0.0458. The number of rotatable bonds is 40. The van der Waals surface area contributed by atoms with Gasteiger partial charge in [0.1, 0.15) is 0 Å². The molecule has 0 rings (SSSR count). The highest BCUT2D eigenvalue weighted by Gasteiger charge is 2.33. The second-order valence-electron chi connectivity index (χ2n) is 17.2. The van der Waals surface area contributed by atoms with Crippen molar-refractivity contribution in [1.82, 2.24) is 0 Å². The lowest BCUT2D eigenvalue weighted by atomic mass is 10.0. The van der Waals surface area contributed by atoms with Gasteiger partial charge in [0, 0.05) is 0 Å². The Kier molecular flexibility index (Phi) is 36.5. The van der Waals surface area contributed by atoms with Crippen LogP contribution in [-0.2, 0) is 4.12 Å². The summed E-state index contributed by atoms with van der Waals surface area (Å²) in [5, 5.41) is 0. The van der Waals surface area contributed by atoms with Gasteiger partial charge in [-0.05, 0) is 38.3 Å². The largest absolute Gasteiger partial charge is 0.456 e. The summed E-state index contributed by atoms with van der Waals surface area (Å²) in [5.74, 6) is 0. The van der Waals surface area contributed by atoms with E-state index in [9.17, 15) is 0 Å². The minimum Gasteiger partial charge on any atom is -0.456 e. The Hall–Kier alpha value is 0.394. The molecule has 1 nitrogen and oxygen atoms in total. The van der Waals surface area contributed by atoms with Crippen molar-refractivity contribution in [2.24, 2.45) is 0 Å². The van der Waals surface area contributed by atoms with Crippen LogP contribution in [0.4, 0.5) is 0 Å². The molecule has 0 saturated carbocycles. The fourth-order valence-corrected chi connectivity index (χ4v) is 16.7. The second kappa shape index (κ2) is 36.2. The van der Waals surface area contributed by atoms with E-state index in [-0.39, 0.29) is 0 Å². The Labute approximate surface area is 303 Å². The van der Waals surface area contributed by atoms with Gasteiger partial charge in [0.2, 0.25) is 0 Å². The van der Waals surface area contributed by atoms with Crippen LogP contribution in [0.15, 0.2) is 0 Å². The van der Waals surface area contributed by atoms with E-state index in [1.54, 1.807) is 0 Å². The predicted molar refractivity (Wildman–Crippen MR) is 223 cm³/mol. The van der Waals surface area contributed by atoms with Crippen molar-refractivity contribution in [3.63, 3.8) is 0 Å². The van der Waals surface area contributed by atoms with E-state index in [2.05, 4.69) is 40.0 Å². The normalized spacial score (nSPS) is 12.4. The van der Waals surface area contributed by atoms with E-state index in [1.807, 2.05) is 0 Å². The molecule has 0 radical (unpaired) electrons. The molecule has 0 bridgehead atoms. The monoisotopic (exact) mass is 695 g/mol. The molecule has 0 amide bonds. The SMILES string of the molecule is CCCCCCCCCCCCCCCCCCCC[Si](C)(CCCCCCCCCCCCCCCCCCCC)O[Si](C)(C)C. The van der Waals surface area contributed by atoms with Crippen LogP contribution >= 0.6 is 0 Å². The molecule has 0 N–H and O–H groups in total. The molecule has 0 aromatic rings. The highest BCUT2D eigenvalue weighted by atomic mass is 28.4. The summed E-state index contributed by atoms with van der Waals surface area (Å²) >= 11 is 0. The van der Waals surface area contributed by atoms with Crippen molar-refractivity contribution in [1.29, 1.82) is 0 Å². The Balaban J connectivity index is 3.67. The molecule has 0 fully saturated rings. The highest BCUT2D eigenvalue weighted by Crippen LogP contribution is 2.28. The standard InChI is InChI=1S/C44H94OSi2/c1-7-9-11-13-15-17-19-21-23-25-27-29-31-33-35-37-39-41-43-47(6,45-46(3,4)5)44-42-40-38-36-34-32-30-28-26-24-22-20-18-16-14-12-10-8-2/h7-44H2,1-6H3. The van der Waals surface area contributed by atoms with Crippen molar-refractivity contribution < 1.29 is 4.12 Å². The zero-order chi connectivity index (χ0) is 34.6. The summed E-state index contributed by atoms with van der Waals surface area (Å²) in [5.41, 5.74) is 0. The number of hydrogen-bond acceptors (Lipinski definition) is 1. The summed E-state index contributed by atoms with van der Waals surface area (Å²) in [4.78, 5) is 0. The molecule has 0 aliphatic heterocycles. The van der Waals surface area contributed by atoms with Crippen LogP contribution in [0, 0.1) is 0 Å². The first-order chi connectivity index (χ1) is 22.8. The fourth-order valence-electron chi connectivity index (χ4n) is 7.77. The van der Waals surface area contributed by atoms with E-state index in [1.165, 1.54) is 243 Å². The van der Waals surface area contributed by atoms with Gasteiger partial charge >= 0.3 is 0 Å². The molecular weight excluding hydrogens is 601 g/mol. The number of hydrogen-bond donors (Lipinski definition) is 0. The lowest BCUT2D eigenvalue weighted by Crippen LogP contribution is -2.44. The Morgan fingerprint density at radius 1 is 0.255 bits per heavy atom. The Morgan fingerprint density at radius 2 is 0.426 bits per heavy atom. The first-order valence-corrected chi connectivity index (χ1v) is 28.8. The van der Waals surface area contributed by atoms with E-state index >= 15 is 0 Å². The van der Waals surface area contributed by atoms with E-state index in [0.717, 1.165) is 0 Å². The highest BCUT2D eigenvalue weighted by molar-refractivity contribution is 6.84. The Morgan fingerprint density at radius 3 is 0.596 bits per heavy atom. The average Bonchev–Trinajstić information content (AvgIpc) is 3.03. The lowest BCUT2D eigenvalue weighted by Gasteiger charge is -2.35. The van der Waals surface area contributed by atoms with E-state index < -0.39 is 16.6 Å². The molecule has 0 aromatic heterocycles. The molecule has 0 aliphatic carbocycles. The molecule has 0 saturated heterocycles. The van der Waals surface area contributed by atoms with Crippen molar-refractivity contribution in [2.45, 2.75) is 283 Å². The van der Waals surface area contributed by atoms with Crippen LogP contribution < -0.4 is 0 Å². The van der Waals surface area contributed by atoms with Gasteiger partial charge in [-0.15, -0.1) is 0 Å². The smallest absolute Gasteiger partial charge is 0.176 e. The molecule has 0 spiro atoms. The van der Waals surface area contributed by atoms with Gasteiger partial charge in [-0.25, -0.2) is 0 Å². The third-order valence-corrected chi connectivity index (χ3v) is 17.9. The first kappa shape index (κ1) is 47.4. The maximum absolute atomic E-state index is 6.97. The van der Waals surface area contributed by atoms with E-state index in [0.29, 0.717) is 0 Å². The predicted octanol–water partition coefficient (Wildman–Crippen LogP) is 17.5. The van der Waals surface area contributed by atoms with Crippen LogP contribution in [-0.4, -0.2) is 16.6 Å². The molecule has 0 aromatic carbocycles. The Bertz CT molecular complexity index is 546. The van der Waals surface area contributed by atoms with Crippen LogP contribution in [0.5, 0.6) is 0 Å². The lowest BCUT2D eigenvalue weighted by molar-refractivity contribution is 0.509. The van der Waals surface area contributed by atoms with Gasteiger partial charge in [-0.3, -0.25) is 0 Å². The van der Waals surface area contributed by atoms with Crippen molar-refractivity contribution in [2.75, 3.05) is 0 Å². The molecule has 0 unspecified atom stereocenters. The molecule has 284 valence electrons. The fraction of sp³-hybridized carbons (Fsp3) is 1.00. The van der Waals surface area contributed by atoms with Crippen molar-refractivity contribution in [3.05, 3.63) is 0 Å². The van der Waals surface area contributed by atoms with E-state index in [4.69, 9.17) is 4.12 Å². The number of unbranched alkanes of at least 4 members (excludes halogenated alkanes) is 34. The average molecular weight is 695 g/mol. The molecular formula is C44H94OSi2. The maximum atomic E-state index is 6.97. The summed E-state index contributed by atoms with van der Waals surface area (Å²) in [6, 6.07) is 2.82. The summed E-state index contributed by atoms with van der Waals surface area (Å²) in [6.07, 6.45) is 52.6. The zero-order valence-corrected chi connectivity index (χ0v) is 36.3. The summed E-state index contributed by atoms with van der Waals surface area (Å²) in [7, 11) is -3.00. The second-order valence-corrected chi connectivity index (χ2v) is 26.1. The zero-order valence-electron chi connectivity index (χ0n) is 34.3. The molecule has 0 atom stereocenters. The minimum absolute atomic E-state index is 1.37. The molecule has 0 aliphatic rings. The minimum atomic E-state index is -1.54. The summed E-state index contributed by atoms with van der Waals surface area (Å²) < 4.78 is 6.97. The topological polar surface area (TPSA) is 9.23 Å². The van der Waals surface area contributed by atoms with Crippen LogP contribution in [0.25, 0.3) is 0 Å². The maximum Gasteiger partial charge on any atom is 0.176 e. The van der Waals surface area contributed by atoms with Gasteiger partial charge in [-0.1, -0.05) is 245 Å². The third kappa shape index (κ3) is 39.0. The first-order valence-electron chi connectivity index (χ1n) is 22.5. The van der Waals surface area contributed by atoms with Crippen LogP contribution in [0.1, 0.15) is 245 Å².